The van der Waals surface area contributed by atoms with Gasteiger partial charge in [-0.05, 0) is 25.0 Å². The molecule has 1 saturated carbocycles. The molecule has 4 rings (SSSR count). The molecule has 2 aliphatic rings. The number of carbonyl (C=O) groups excluding carboxylic acids is 1. The Hall–Kier alpha value is -2.83. The van der Waals surface area contributed by atoms with Gasteiger partial charge in [0.05, 0.1) is 5.56 Å². The molecule has 22 heavy (non-hydrogen) atoms. The molecule has 7 nitrogen and oxygen atoms in total. The van der Waals surface area contributed by atoms with E-state index in [-0.39, 0.29) is 12.7 Å². The smallest absolute Gasteiger partial charge is 0.258 e. The van der Waals surface area contributed by atoms with Crippen molar-refractivity contribution in [2.24, 2.45) is 0 Å². The fraction of sp³-hybridized carbons (Fsp3) is 0.267. The lowest BCUT2D eigenvalue weighted by molar-refractivity contribution is 0.102. The van der Waals surface area contributed by atoms with Crippen molar-refractivity contribution in [3.63, 3.8) is 0 Å². The highest BCUT2D eigenvalue weighted by molar-refractivity contribution is 6.04. The van der Waals surface area contributed by atoms with Crippen LogP contribution < -0.4 is 20.1 Å². The molecular weight excluding hydrogens is 284 g/mol. The second kappa shape index (κ2) is 5.18. The molecule has 0 atom stereocenters. The first-order valence-electron chi connectivity index (χ1n) is 7.07. The molecule has 1 aliphatic carbocycles. The van der Waals surface area contributed by atoms with Crippen molar-refractivity contribution in [2.45, 2.75) is 18.9 Å². The van der Waals surface area contributed by atoms with Crippen LogP contribution in [0.15, 0.2) is 30.6 Å². The predicted molar refractivity (Wildman–Crippen MR) is 79.2 cm³/mol. The van der Waals surface area contributed by atoms with E-state index in [1.165, 1.54) is 12.4 Å². The van der Waals surface area contributed by atoms with Crippen molar-refractivity contribution in [3.8, 4) is 11.5 Å². The lowest BCUT2D eigenvalue weighted by Gasteiger charge is -2.07. The van der Waals surface area contributed by atoms with Crippen LogP contribution in [0.2, 0.25) is 0 Å². The number of amides is 1. The van der Waals surface area contributed by atoms with Gasteiger partial charge in [0.2, 0.25) is 12.7 Å². The summed E-state index contributed by atoms with van der Waals surface area (Å²) in [6.45, 7) is 0.204. The van der Waals surface area contributed by atoms with Crippen molar-refractivity contribution in [3.05, 3.63) is 36.2 Å². The molecule has 2 N–H and O–H groups in total. The first-order chi connectivity index (χ1) is 10.8. The number of rotatable bonds is 4. The van der Waals surface area contributed by atoms with Gasteiger partial charge in [-0.1, -0.05) is 0 Å². The molecular formula is C15H14N4O3. The topological polar surface area (TPSA) is 85.4 Å². The van der Waals surface area contributed by atoms with Gasteiger partial charge < -0.3 is 20.1 Å². The number of hydrogen-bond donors (Lipinski definition) is 2. The number of carbonyl (C=O) groups is 1. The van der Waals surface area contributed by atoms with E-state index < -0.39 is 0 Å². The molecule has 2 heterocycles. The number of aromatic nitrogens is 2. The number of nitrogens with one attached hydrogen (secondary N) is 2. The van der Waals surface area contributed by atoms with Crippen LogP contribution in [0.5, 0.6) is 11.5 Å². The molecule has 1 fully saturated rings. The average Bonchev–Trinajstić information content (AvgIpc) is 3.22. The van der Waals surface area contributed by atoms with Gasteiger partial charge in [-0.25, -0.2) is 9.97 Å². The van der Waals surface area contributed by atoms with Gasteiger partial charge >= 0.3 is 0 Å². The normalized spacial score (nSPS) is 15.5. The molecule has 1 aromatic heterocycles. The summed E-state index contributed by atoms with van der Waals surface area (Å²) in [5.74, 6) is 1.59. The summed E-state index contributed by atoms with van der Waals surface area (Å²) in [7, 11) is 0. The van der Waals surface area contributed by atoms with Crippen LogP contribution in [-0.4, -0.2) is 28.7 Å². The maximum atomic E-state index is 12.2. The standard InChI is InChI=1S/C15H14N4O3/c20-14(9-6-16-15(17-7-9)19-10-1-2-10)18-11-3-4-12-13(5-11)22-8-21-12/h3-7,10H,1-2,8H2,(H,18,20)(H,16,17,19). The molecule has 2 aromatic rings. The Morgan fingerprint density at radius 3 is 2.68 bits per heavy atom. The summed E-state index contributed by atoms with van der Waals surface area (Å²) in [5.41, 5.74) is 1.04. The summed E-state index contributed by atoms with van der Waals surface area (Å²) < 4.78 is 10.5. The Morgan fingerprint density at radius 2 is 1.91 bits per heavy atom. The zero-order chi connectivity index (χ0) is 14.9. The van der Waals surface area contributed by atoms with Crippen LogP contribution in [0.1, 0.15) is 23.2 Å². The van der Waals surface area contributed by atoms with E-state index >= 15 is 0 Å². The van der Waals surface area contributed by atoms with Gasteiger partial charge in [0, 0.05) is 30.2 Å². The van der Waals surface area contributed by atoms with E-state index in [1.807, 2.05) is 0 Å². The predicted octanol–water partition coefficient (Wildman–Crippen LogP) is 2.03. The zero-order valence-electron chi connectivity index (χ0n) is 11.7. The van der Waals surface area contributed by atoms with Crippen LogP contribution >= 0.6 is 0 Å². The summed E-state index contributed by atoms with van der Waals surface area (Å²) in [6.07, 6.45) is 5.32. The molecule has 112 valence electrons. The summed E-state index contributed by atoms with van der Waals surface area (Å²) in [5, 5.41) is 5.96. The van der Waals surface area contributed by atoms with Crippen molar-refractivity contribution in [2.75, 3.05) is 17.4 Å². The molecule has 0 saturated heterocycles. The Morgan fingerprint density at radius 1 is 1.14 bits per heavy atom. The van der Waals surface area contributed by atoms with E-state index in [1.54, 1.807) is 18.2 Å². The fourth-order valence-corrected chi connectivity index (χ4v) is 2.11. The van der Waals surface area contributed by atoms with Gasteiger partial charge in [0.1, 0.15) is 0 Å². The molecule has 0 unspecified atom stereocenters. The Bertz CT molecular complexity index is 713. The summed E-state index contributed by atoms with van der Waals surface area (Å²) >= 11 is 0. The van der Waals surface area contributed by atoms with Gasteiger partial charge in [0.25, 0.3) is 5.91 Å². The summed E-state index contributed by atoms with van der Waals surface area (Å²) in [6, 6.07) is 5.73. The van der Waals surface area contributed by atoms with E-state index in [9.17, 15) is 4.79 Å². The highest BCUT2D eigenvalue weighted by Gasteiger charge is 2.22. The minimum Gasteiger partial charge on any atom is -0.454 e. The van der Waals surface area contributed by atoms with Gasteiger partial charge in [0.15, 0.2) is 11.5 Å². The number of hydrogen-bond acceptors (Lipinski definition) is 6. The van der Waals surface area contributed by atoms with Crippen LogP contribution in [0.4, 0.5) is 11.6 Å². The number of ether oxygens (including phenoxy) is 2. The van der Waals surface area contributed by atoms with E-state index in [4.69, 9.17) is 9.47 Å². The lowest BCUT2D eigenvalue weighted by Crippen LogP contribution is -2.13. The maximum absolute atomic E-state index is 12.2. The highest BCUT2D eigenvalue weighted by atomic mass is 16.7. The van der Waals surface area contributed by atoms with Crippen LogP contribution in [0.3, 0.4) is 0 Å². The van der Waals surface area contributed by atoms with E-state index in [0.29, 0.717) is 34.7 Å². The second-order valence-corrected chi connectivity index (χ2v) is 5.24. The van der Waals surface area contributed by atoms with Crippen LogP contribution in [0.25, 0.3) is 0 Å². The van der Waals surface area contributed by atoms with E-state index in [0.717, 1.165) is 12.8 Å². The van der Waals surface area contributed by atoms with Gasteiger partial charge in [-0.2, -0.15) is 0 Å². The Kier molecular flexibility index (Phi) is 3.03. The zero-order valence-corrected chi connectivity index (χ0v) is 11.7. The molecule has 1 amide bonds. The van der Waals surface area contributed by atoms with Crippen molar-refractivity contribution in [1.29, 1.82) is 0 Å². The van der Waals surface area contributed by atoms with Gasteiger partial charge in [-0.3, -0.25) is 4.79 Å². The molecule has 0 bridgehead atoms. The molecule has 1 aromatic carbocycles. The minimum atomic E-state index is -0.267. The quantitative estimate of drug-likeness (QED) is 0.898. The summed E-state index contributed by atoms with van der Waals surface area (Å²) in [4.78, 5) is 20.5. The molecule has 0 radical (unpaired) electrons. The average molecular weight is 298 g/mol. The molecule has 0 spiro atoms. The second-order valence-electron chi connectivity index (χ2n) is 5.24. The van der Waals surface area contributed by atoms with Crippen LogP contribution in [-0.2, 0) is 0 Å². The SMILES string of the molecule is O=C(Nc1ccc2c(c1)OCO2)c1cnc(NC2CC2)nc1. The first kappa shape index (κ1) is 12.9. The lowest BCUT2D eigenvalue weighted by atomic mass is 10.2. The van der Waals surface area contributed by atoms with E-state index in [2.05, 4.69) is 20.6 Å². The maximum Gasteiger partial charge on any atom is 0.258 e. The number of benzene rings is 1. The molecule has 7 heteroatoms. The van der Waals surface area contributed by atoms with Crippen LogP contribution in [0, 0.1) is 0 Å². The Balaban J connectivity index is 1.44. The fourth-order valence-electron chi connectivity index (χ4n) is 2.11. The highest BCUT2D eigenvalue weighted by Crippen LogP contribution is 2.34. The number of nitrogens with zero attached hydrogens (tertiary/aromatic N) is 2. The first-order valence-corrected chi connectivity index (χ1v) is 7.07. The third-order valence-electron chi connectivity index (χ3n) is 3.46. The monoisotopic (exact) mass is 298 g/mol. The van der Waals surface area contributed by atoms with Crippen molar-refractivity contribution >= 4 is 17.5 Å². The minimum absolute atomic E-state index is 0.204. The number of anilines is 2. The van der Waals surface area contributed by atoms with Gasteiger partial charge in [-0.15, -0.1) is 0 Å². The largest absolute Gasteiger partial charge is 0.454 e. The Labute approximate surface area is 126 Å². The van der Waals surface area contributed by atoms with Crippen molar-refractivity contribution < 1.29 is 14.3 Å². The number of fused-ring (bicyclic) bond motifs is 1. The third kappa shape index (κ3) is 2.65. The third-order valence-corrected chi connectivity index (χ3v) is 3.46. The molecule has 1 aliphatic heterocycles. The van der Waals surface area contributed by atoms with Crippen molar-refractivity contribution in [1.82, 2.24) is 9.97 Å².